The second-order valence-electron chi connectivity index (χ2n) is 4.97. The number of benzene rings is 1. The van der Waals surface area contributed by atoms with Crippen LogP contribution in [0.25, 0.3) is 0 Å². The number of methoxy groups -OCH3 is 1. The average Bonchev–Trinajstić information content (AvgIpc) is 2.52. The normalized spacial score (nSPS) is 19.3. The molecule has 1 aromatic rings. The summed E-state index contributed by atoms with van der Waals surface area (Å²) in [4.78, 5) is 2.30. The molecule has 0 bridgehead atoms. The number of hydrogen-bond donors (Lipinski definition) is 2. The van der Waals surface area contributed by atoms with Gasteiger partial charge in [0.15, 0.2) is 0 Å². The molecule has 2 N–H and O–H groups in total. The summed E-state index contributed by atoms with van der Waals surface area (Å²) >= 11 is 0. The molecule has 1 aliphatic rings. The Bertz CT molecular complexity index is 457. The van der Waals surface area contributed by atoms with E-state index < -0.39 is 7.12 Å². The van der Waals surface area contributed by atoms with E-state index in [1.165, 1.54) is 7.11 Å². The van der Waals surface area contributed by atoms with Crippen LogP contribution in [0.1, 0.15) is 6.92 Å². The first-order valence-electron chi connectivity index (χ1n) is 7.14. The van der Waals surface area contributed by atoms with Gasteiger partial charge in [0, 0.05) is 18.6 Å². The largest absolute Gasteiger partial charge is 0.497 e. The number of nitrogens with zero attached hydrogens (tertiary/aromatic N) is 1. The minimum absolute atomic E-state index is 0.00973. The van der Waals surface area contributed by atoms with E-state index in [9.17, 15) is 10.0 Å². The van der Waals surface area contributed by atoms with Crippen LogP contribution in [0.2, 0.25) is 0 Å². The first kappa shape index (κ1) is 16.1. The van der Waals surface area contributed by atoms with Gasteiger partial charge in [-0.15, -0.1) is 0 Å². The maximum atomic E-state index is 9.42. The fourth-order valence-electron chi connectivity index (χ4n) is 2.34. The van der Waals surface area contributed by atoms with Crippen molar-refractivity contribution in [3.63, 3.8) is 0 Å². The fourth-order valence-corrected chi connectivity index (χ4v) is 2.34. The molecule has 0 spiro atoms. The smallest absolute Gasteiger partial charge is 0.492 e. The Morgan fingerprint density at radius 2 is 2.24 bits per heavy atom. The average molecular weight is 295 g/mol. The van der Waals surface area contributed by atoms with Crippen LogP contribution < -0.4 is 14.9 Å². The molecule has 1 aliphatic heterocycles. The van der Waals surface area contributed by atoms with E-state index in [1.54, 1.807) is 18.2 Å². The monoisotopic (exact) mass is 295 g/mol. The topological polar surface area (TPSA) is 71.4 Å². The van der Waals surface area contributed by atoms with E-state index >= 15 is 0 Å². The Balaban J connectivity index is 1.99. The van der Waals surface area contributed by atoms with Crippen molar-refractivity contribution in [2.75, 3.05) is 40.0 Å². The first-order valence-corrected chi connectivity index (χ1v) is 7.14. The van der Waals surface area contributed by atoms with Crippen molar-refractivity contribution in [2.24, 2.45) is 0 Å². The van der Waals surface area contributed by atoms with Crippen molar-refractivity contribution in [1.29, 1.82) is 0 Å². The van der Waals surface area contributed by atoms with E-state index in [0.717, 1.165) is 19.6 Å². The van der Waals surface area contributed by atoms with Crippen LogP contribution in [0.5, 0.6) is 11.5 Å². The summed E-state index contributed by atoms with van der Waals surface area (Å²) in [6.07, 6.45) is -0.00973. The summed E-state index contributed by atoms with van der Waals surface area (Å²) in [6, 6.07) is 4.95. The molecule has 1 aromatic carbocycles. The summed E-state index contributed by atoms with van der Waals surface area (Å²) in [5.74, 6) is 0.986. The summed E-state index contributed by atoms with van der Waals surface area (Å²) in [7, 11) is -0.0759. The van der Waals surface area contributed by atoms with Gasteiger partial charge >= 0.3 is 7.12 Å². The van der Waals surface area contributed by atoms with E-state index in [1.807, 2.05) is 0 Å². The van der Waals surface area contributed by atoms with Crippen LogP contribution in [-0.4, -0.2) is 68.1 Å². The third kappa shape index (κ3) is 4.34. The van der Waals surface area contributed by atoms with Crippen LogP contribution in [0, 0.1) is 0 Å². The second kappa shape index (κ2) is 7.65. The molecule has 7 heteroatoms. The zero-order valence-electron chi connectivity index (χ0n) is 12.5. The molecule has 1 atom stereocenters. The highest BCUT2D eigenvalue weighted by Gasteiger charge is 2.22. The van der Waals surface area contributed by atoms with Crippen molar-refractivity contribution >= 4 is 12.6 Å². The lowest BCUT2D eigenvalue weighted by atomic mass is 9.79. The third-order valence-electron chi connectivity index (χ3n) is 3.59. The molecule has 21 heavy (non-hydrogen) atoms. The van der Waals surface area contributed by atoms with Crippen LogP contribution in [0.3, 0.4) is 0 Å². The van der Waals surface area contributed by atoms with E-state index in [-0.39, 0.29) is 11.6 Å². The van der Waals surface area contributed by atoms with Crippen LogP contribution in [0.4, 0.5) is 0 Å². The zero-order valence-corrected chi connectivity index (χ0v) is 12.5. The maximum Gasteiger partial charge on any atom is 0.492 e. The Morgan fingerprint density at radius 3 is 2.90 bits per heavy atom. The molecular formula is C14H22BNO5. The predicted octanol–water partition coefficient (Wildman–Crippen LogP) is -0.525. The van der Waals surface area contributed by atoms with E-state index in [2.05, 4.69) is 11.8 Å². The number of morpholine rings is 1. The Labute approximate surface area is 125 Å². The van der Waals surface area contributed by atoms with Crippen LogP contribution in [0.15, 0.2) is 18.2 Å². The molecular weight excluding hydrogens is 273 g/mol. The van der Waals surface area contributed by atoms with Crippen LogP contribution >= 0.6 is 0 Å². The molecule has 0 saturated carbocycles. The number of likely N-dealkylation sites (N-methyl/N-ethyl adjacent to an activating group) is 1. The first-order chi connectivity index (χ1) is 10.1. The number of rotatable bonds is 6. The second-order valence-corrected chi connectivity index (χ2v) is 4.97. The van der Waals surface area contributed by atoms with Crippen molar-refractivity contribution < 1.29 is 24.3 Å². The number of ether oxygens (including phenoxy) is 3. The Kier molecular flexibility index (Phi) is 5.87. The van der Waals surface area contributed by atoms with Crippen molar-refractivity contribution in [2.45, 2.75) is 13.0 Å². The van der Waals surface area contributed by atoms with Gasteiger partial charge in [-0.3, -0.25) is 4.90 Å². The predicted molar refractivity (Wildman–Crippen MR) is 80.2 cm³/mol. The van der Waals surface area contributed by atoms with Crippen molar-refractivity contribution in [3.05, 3.63) is 18.2 Å². The lowest BCUT2D eigenvalue weighted by Gasteiger charge is -2.32. The van der Waals surface area contributed by atoms with Gasteiger partial charge in [0.2, 0.25) is 0 Å². The van der Waals surface area contributed by atoms with E-state index in [0.29, 0.717) is 24.7 Å². The molecule has 0 aromatic heterocycles. The third-order valence-corrected chi connectivity index (χ3v) is 3.59. The molecule has 6 nitrogen and oxygen atoms in total. The van der Waals surface area contributed by atoms with Gasteiger partial charge in [0.25, 0.3) is 0 Å². The molecule has 0 aliphatic carbocycles. The standard InChI is InChI=1S/C14H22BNO5/c1-3-16-6-7-20-12(9-16)10-21-14-5-4-11(19-2)8-13(14)15(17)18/h4-5,8,12,17-18H,3,6-7,9-10H2,1-2H3. The summed E-state index contributed by atoms with van der Waals surface area (Å²) in [5, 5.41) is 18.8. The molecule has 1 fully saturated rings. The molecule has 116 valence electrons. The minimum Gasteiger partial charge on any atom is -0.497 e. The Hall–Kier alpha value is -1.28. The van der Waals surface area contributed by atoms with Gasteiger partial charge in [-0.2, -0.15) is 0 Å². The van der Waals surface area contributed by atoms with Gasteiger partial charge in [0.1, 0.15) is 24.2 Å². The maximum absolute atomic E-state index is 9.42. The quantitative estimate of drug-likeness (QED) is 0.688. The van der Waals surface area contributed by atoms with Gasteiger partial charge in [-0.25, -0.2) is 0 Å². The van der Waals surface area contributed by atoms with Crippen LogP contribution in [-0.2, 0) is 4.74 Å². The van der Waals surface area contributed by atoms with Gasteiger partial charge in [0.05, 0.1) is 13.7 Å². The van der Waals surface area contributed by atoms with Crippen molar-refractivity contribution in [1.82, 2.24) is 4.90 Å². The lowest BCUT2D eigenvalue weighted by molar-refractivity contribution is -0.0462. The van der Waals surface area contributed by atoms with Gasteiger partial charge < -0.3 is 24.3 Å². The van der Waals surface area contributed by atoms with E-state index in [4.69, 9.17) is 14.2 Å². The molecule has 0 amide bonds. The summed E-state index contributed by atoms with van der Waals surface area (Å²) < 4.78 is 16.4. The molecule has 2 rings (SSSR count). The highest BCUT2D eigenvalue weighted by Crippen LogP contribution is 2.16. The van der Waals surface area contributed by atoms with Crippen molar-refractivity contribution in [3.8, 4) is 11.5 Å². The highest BCUT2D eigenvalue weighted by molar-refractivity contribution is 6.59. The number of hydrogen-bond acceptors (Lipinski definition) is 6. The summed E-state index contributed by atoms with van der Waals surface area (Å²) in [5.41, 5.74) is 0.289. The molecule has 1 heterocycles. The fraction of sp³-hybridized carbons (Fsp3) is 0.571. The Morgan fingerprint density at radius 1 is 1.43 bits per heavy atom. The molecule has 1 unspecified atom stereocenters. The van der Waals surface area contributed by atoms with Gasteiger partial charge in [-0.1, -0.05) is 6.92 Å². The summed E-state index contributed by atoms with van der Waals surface area (Å²) in [6.45, 7) is 5.94. The SMILES string of the molecule is CCN1CCOC(COc2ccc(OC)cc2B(O)O)C1. The minimum atomic E-state index is -1.60. The zero-order chi connectivity index (χ0) is 15.2. The molecule has 1 saturated heterocycles. The highest BCUT2D eigenvalue weighted by atomic mass is 16.5. The molecule has 0 radical (unpaired) electrons. The lowest BCUT2D eigenvalue weighted by Crippen LogP contribution is -2.45. The van der Waals surface area contributed by atoms with Gasteiger partial charge in [-0.05, 0) is 24.7 Å².